The van der Waals surface area contributed by atoms with E-state index in [0.717, 1.165) is 19.5 Å². The van der Waals surface area contributed by atoms with Crippen molar-refractivity contribution in [1.82, 2.24) is 4.90 Å². The summed E-state index contributed by atoms with van der Waals surface area (Å²) < 4.78 is 0.169. The summed E-state index contributed by atoms with van der Waals surface area (Å²) in [7, 11) is 0. The molecule has 0 saturated carbocycles. The highest BCUT2D eigenvalue weighted by atomic mass is 32.2. The van der Waals surface area contributed by atoms with Gasteiger partial charge < -0.3 is 10.6 Å². The van der Waals surface area contributed by atoms with E-state index < -0.39 is 0 Å². The molecule has 0 aromatic heterocycles. The zero-order valence-electron chi connectivity index (χ0n) is 9.95. The smallest absolute Gasteiger partial charge is 0.232 e. The van der Waals surface area contributed by atoms with Crippen molar-refractivity contribution >= 4 is 17.7 Å². The summed E-state index contributed by atoms with van der Waals surface area (Å²) >= 11 is 1.71. The molecule has 1 saturated heterocycles. The molecular formula is C11H22N2OS. The van der Waals surface area contributed by atoms with Crippen LogP contribution in [0.5, 0.6) is 0 Å². The minimum absolute atomic E-state index is 0.169. The van der Waals surface area contributed by atoms with E-state index in [9.17, 15) is 4.79 Å². The van der Waals surface area contributed by atoms with Gasteiger partial charge >= 0.3 is 0 Å². The molecule has 1 atom stereocenters. The Morgan fingerprint density at radius 1 is 1.53 bits per heavy atom. The molecule has 0 spiro atoms. The maximum absolute atomic E-state index is 11.8. The van der Waals surface area contributed by atoms with Gasteiger partial charge in [-0.05, 0) is 18.9 Å². The van der Waals surface area contributed by atoms with Gasteiger partial charge in [-0.2, -0.15) is 0 Å². The van der Waals surface area contributed by atoms with E-state index >= 15 is 0 Å². The Morgan fingerprint density at radius 2 is 2.20 bits per heavy atom. The van der Waals surface area contributed by atoms with Crippen LogP contribution in [0, 0.1) is 5.92 Å². The molecular weight excluding hydrogens is 208 g/mol. The summed E-state index contributed by atoms with van der Waals surface area (Å²) in [6.07, 6.45) is 1.07. The number of amides is 1. The number of rotatable bonds is 3. The first-order valence-corrected chi connectivity index (χ1v) is 6.53. The highest BCUT2D eigenvalue weighted by molar-refractivity contribution is 8.01. The van der Waals surface area contributed by atoms with Crippen molar-refractivity contribution in [3.8, 4) is 0 Å². The Morgan fingerprint density at radius 3 is 2.67 bits per heavy atom. The van der Waals surface area contributed by atoms with Gasteiger partial charge in [-0.25, -0.2) is 0 Å². The Bertz CT molecular complexity index is 225. The van der Waals surface area contributed by atoms with E-state index in [0.29, 0.717) is 18.2 Å². The lowest BCUT2D eigenvalue weighted by Crippen LogP contribution is -2.32. The Balaban J connectivity index is 2.30. The maximum atomic E-state index is 11.8. The first-order chi connectivity index (χ1) is 6.92. The summed E-state index contributed by atoms with van der Waals surface area (Å²) in [5.74, 6) is 1.39. The number of carbonyl (C=O) groups excluding carboxylic acids is 1. The van der Waals surface area contributed by atoms with Crippen LogP contribution >= 0.6 is 11.8 Å². The third-order valence-electron chi connectivity index (χ3n) is 2.60. The van der Waals surface area contributed by atoms with Gasteiger partial charge in [0.15, 0.2) is 0 Å². The molecule has 0 bridgehead atoms. The lowest BCUT2D eigenvalue weighted by molar-refractivity contribution is -0.127. The molecule has 0 aromatic rings. The quantitative estimate of drug-likeness (QED) is 0.795. The van der Waals surface area contributed by atoms with E-state index in [2.05, 4.69) is 20.8 Å². The monoisotopic (exact) mass is 230 g/mol. The van der Waals surface area contributed by atoms with Gasteiger partial charge in [-0.15, -0.1) is 11.8 Å². The largest absolute Gasteiger partial charge is 0.342 e. The van der Waals surface area contributed by atoms with E-state index in [1.165, 1.54) is 0 Å². The molecule has 3 nitrogen and oxygen atoms in total. The summed E-state index contributed by atoms with van der Waals surface area (Å²) in [4.78, 5) is 13.8. The highest BCUT2D eigenvalue weighted by Gasteiger charge is 2.25. The molecule has 0 aliphatic carbocycles. The topological polar surface area (TPSA) is 46.3 Å². The van der Waals surface area contributed by atoms with Crippen LogP contribution in [0.4, 0.5) is 0 Å². The van der Waals surface area contributed by atoms with Crippen LogP contribution in [0.15, 0.2) is 0 Å². The van der Waals surface area contributed by atoms with Crippen molar-refractivity contribution in [3.63, 3.8) is 0 Å². The van der Waals surface area contributed by atoms with Crippen LogP contribution in [0.3, 0.4) is 0 Å². The molecule has 1 heterocycles. The zero-order chi connectivity index (χ0) is 11.5. The lowest BCUT2D eigenvalue weighted by Gasteiger charge is -2.21. The van der Waals surface area contributed by atoms with Crippen LogP contribution in [-0.4, -0.2) is 40.9 Å². The second-order valence-electron chi connectivity index (χ2n) is 5.13. The van der Waals surface area contributed by atoms with E-state index in [1.807, 2.05) is 4.90 Å². The van der Waals surface area contributed by atoms with Gasteiger partial charge in [-0.1, -0.05) is 20.8 Å². The number of thioether (sulfide) groups is 1. The molecule has 4 heteroatoms. The third-order valence-corrected chi connectivity index (χ3v) is 3.86. The molecule has 15 heavy (non-hydrogen) atoms. The molecule has 1 aliphatic heterocycles. The van der Waals surface area contributed by atoms with Gasteiger partial charge in [-0.3, -0.25) is 4.79 Å². The van der Waals surface area contributed by atoms with E-state index in [1.54, 1.807) is 11.8 Å². The number of hydrogen-bond donors (Lipinski definition) is 1. The van der Waals surface area contributed by atoms with Gasteiger partial charge in [0.1, 0.15) is 0 Å². The van der Waals surface area contributed by atoms with E-state index in [-0.39, 0.29) is 10.7 Å². The molecule has 1 aliphatic rings. The summed E-state index contributed by atoms with van der Waals surface area (Å²) in [5.41, 5.74) is 5.60. The van der Waals surface area contributed by atoms with E-state index in [4.69, 9.17) is 5.73 Å². The van der Waals surface area contributed by atoms with Crippen LogP contribution < -0.4 is 5.73 Å². The summed E-state index contributed by atoms with van der Waals surface area (Å²) in [6, 6.07) is 0. The van der Waals surface area contributed by atoms with Gasteiger partial charge in [0.25, 0.3) is 0 Å². The second-order valence-corrected chi connectivity index (χ2v) is 6.93. The Labute approximate surface area is 96.8 Å². The predicted octanol–water partition coefficient (Wildman–Crippen LogP) is 1.33. The molecule has 0 aromatic carbocycles. The van der Waals surface area contributed by atoms with Gasteiger partial charge in [0.05, 0.1) is 5.75 Å². The average molecular weight is 230 g/mol. The van der Waals surface area contributed by atoms with Crippen molar-refractivity contribution in [2.45, 2.75) is 31.9 Å². The van der Waals surface area contributed by atoms with Crippen LogP contribution in [0.2, 0.25) is 0 Å². The predicted molar refractivity (Wildman–Crippen MR) is 66.0 cm³/mol. The van der Waals surface area contributed by atoms with Crippen molar-refractivity contribution in [2.75, 3.05) is 25.4 Å². The number of nitrogens with zero attached hydrogens (tertiary/aromatic N) is 1. The van der Waals surface area contributed by atoms with Gasteiger partial charge in [0, 0.05) is 17.8 Å². The van der Waals surface area contributed by atoms with Crippen molar-refractivity contribution in [1.29, 1.82) is 0 Å². The SMILES string of the molecule is CC(C)(C)SCC(=O)N1CCC(CN)C1. The molecule has 88 valence electrons. The standard InChI is InChI=1S/C11H22N2OS/c1-11(2,3)15-8-10(14)13-5-4-9(6-12)7-13/h9H,4-8,12H2,1-3H3. The molecule has 1 rings (SSSR count). The molecule has 1 unspecified atom stereocenters. The molecule has 1 fully saturated rings. The average Bonchev–Trinajstić information content (AvgIpc) is 2.61. The number of likely N-dealkylation sites (tertiary alicyclic amines) is 1. The molecule has 1 amide bonds. The Hall–Kier alpha value is -0.220. The maximum Gasteiger partial charge on any atom is 0.232 e. The number of nitrogens with two attached hydrogens (primary N) is 1. The normalized spacial score (nSPS) is 22.1. The highest BCUT2D eigenvalue weighted by Crippen LogP contribution is 2.24. The van der Waals surface area contributed by atoms with Crippen LogP contribution in [0.25, 0.3) is 0 Å². The van der Waals surface area contributed by atoms with Crippen molar-refractivity contribution < 1.29 is 4.79 Å². The van der Waals surface area contributed by atoms with Crippen LogP contribution in [-0.2, 0) is 4.79 Å². The fraction of sp³-hybridized carbons (Fsp3) is 0.909. The number of carbonyl (C=O) groups is 1. The minimum Gasteiger partial charge on any atom is -0.342 e. The lowest BCUT2D eigenvalue weighted by atomic mass is 10.1. The molecule has 2 N–H and O–H groups in total. The minimum atomic E-state index is 0.169. The fourth-order valence-corrected chi connectivity index (χ4v) is 2.36. The second kappa shape index (κ2) is 5.21. The first kappa shape index (κ1) is 12.8. The fourth-order valence-electron chi connectivity index (χ4n) is 1.62. The van der Waals surface area contributed by atoms with Crippen LogP contribution in [0.1, 0.15) is 27.2 Å². The summed E-state index contributed by atoms with van der Waals surface area (Å²) in [6.45, 7) is 8.87. The first-order valence-electron chi connectivity index (χ1n) is 5.54. The van der Waals surface area contributed by atoms with Gasteiger partial charge in [0.2, 0.25) is 5.91 Å². The van der Waals surface area contributed by atoms with Crippen molar-refractivity contribution in [2.24, 2.45) is 11.7 Å². The third kappa shape index (κ3) is 4.43. The van der Waals surface area contributed by atoms with Crippen molar-refractivity contribution in [3.05, 3.63) is 0 Å². The number of hydrogen-bond acceptors (Lipinski definition) is 3. The Kier molecular flexibility index (Phi) is 4.46. The zero-order valence-corrected chi connectivity index (χ0v) is 10.8. The molecule has 0 radical (unpaired) electrons. The summed E-state index contributed by atoms with van der Waals surface area (Å²) in [5, 5.41) is 0.